The third kappa shape index (κ3) is 4.29. The Kier molecular flexibility index (Phi) is 5.37. The van der Waals surface area contributed by atoms with Crippen LogP contribution in [0, 0.1) is 5.92 Å². The molecule has 2 rings (SSSR count). The lowest BCUT2D eigenvalue weighted by Crippen LogP contribution is -2.42. The van der Waals surface area contributed by atoms with Crippen molar-refractivity contribution in [2.75, 3.05) is 19.6 Å². The van der Waals surface area contributed by atoms with E-state index in [1.54, 1.807) is 0 Å². The van der Waals surface area contributed by atoms with Crippen molar-refractivity contribution in [2.45, 2.75) is 38.8 Å². The molecule has 0 bridgehead atoms. The van der Waals surface area contributed by atoms with Gasteiger partial charge in [-0.05, 0) is 18.4 Å². The van der Waals surface area contributed by atoms with Gasteiger partial charge in [0.05, 0.1) is 6.54 Å². The van der Waals surface area contributed by atoms with Gasteiger partial charge < -0.3 is 11.1 Å². The molecule has 0 spiro atoms. The van der Waals surface area contributed by atoms with E-state index in [4.69, 9.17) is 5.73 Å². The Morgan fingerprint density at radius 1 is 1.29 bits per heavy atom. The van der Waals surface area contributed by atoms with Gasteiger partial charge >= 0.3 is 0 Å². The summed E-state index contributed by atoms with van der Waals surface area (Å²) in [5, 5.41) is 3.05. The van der Waals surface area contributed by atoms with Gasteiger partial charge in [0.25, 0.3) is 0 Å². The highest BCUT2D eigenvalue weighted by atomic mass is 16.2. The Bertz CT molecular complexity index is 460. The van der Waals surface area contributed by atoms with Crippen LogP contribution in [0.15, 0.2) is 30.3 Å². The van der Waals surface area contributed by atoms with Gasteiger partial charge in [0.15, 0.2) is 0 Å². The number of hydrogen-bond acceptors (Lipinski definition) is 3. The van der Waals surface area contributed by atoms with Crippen LogP contribution in [0.2, 0.25) is 0 Å². The summed E-state index contributed by atoms with van der Waals surface area (Å²) < 4.78 is 0. The van der Waals surface area contributed by atoms with Crippen LogP contribution in [0.1, 0.15) is 32.3 Å². The number of rotatable bonds is 5. The molecule has 1 fully saturated rings. The van der Waals surface area contributed by atoms with E-state index in [0.717, 1.165) is 13.1 Å². The summed E-state index contributed by atoms with van der Waals surface area (Å²) in [6, 6.07) is 10.6. The maximum Gasteiger partial charge on any atom is 0.234 e. The van der Waals surface area contributed by atoms with Gasteiger partial charge in [0, 0.05) is 31.1 Å². The number of likely N-dealkylation sites (tertiary alicyclic amines) is 1. The molecule has 116 valence electrons. The van der Waals surface area contributed by atoms with Crippen molar-refractivity contribution in [1.29, 1.82) is 0 Å². The minimum absolute atomic E-state index is 0.0945. The fourth-order valence-corrected chi connectivity index (χ4v) is 2.76. The van der Waals surface area contributed by atoms with Crippen LogP contribution < -0.4 is 11.1 Å². The lowest BCUT2D eigenvalue weighted by molar-refractivity contribution is -0.122. The molecule has 1 aromatic rings. The molecule has 1 unspecified atom stereocenters. The van der Waals surface area contributed by atoms with E-state index in [9.17, 15) is 4.79 Å². The normalized spacial score (nSPS) is 24.2. The van der Waals surface area contributed by atoms with Crippen LogP contribution in [-0.4, -0.2) is 42.5 Å². The molecule has 1 aliphatic heterocycles. The molecule has 0 aliphatic carbocycles. The number of hydrogen-bond donors (Lipinski definition) is 2. The lowest BCUT2D eigenvalue weighted by Gasteiger charge is -2.20. The molecule has 4 heteroatoms. The van der Waals surface area contributed by atoms with Crippen molar-refractivity contribution >= 4 is 5.91 Å². The van der Waals surface area contributed by atoms with Gasteiger partial charge in [-0.2, -0.15) is 0 Å². The first-order valence-corrected chi connectivity index (χ1v) is 7.79. The van der Waals surface area contributed by atoms with Gasteiger partial charge in [-0.15, -0.1) is 0 Å². The second-order valence-electron chi connectivity index (χ2n) is 6.48. The van der Waals surface area contributed by atoms with Crippen LogP contribution in [0.3, 0.4) is 0 Å². The van der Waals surface area contributed by atoms with Crippen molar-refractivity contribution in [3.63, 3.8) is 0 Å². The fourth-order valence-electron chi connectivity index (χ4n) is 2.76. The third-order valence-corrected chi connectivity index (χ3v) is 4.42. The monoisotopic (exact) mass is 289 g/mol. The Morgan fingerprint density at radius 3 is 2.57 bits per heavy atom. The zero-order chi connectivity index (χ0) is 15.4. The SMILES string of the molecule is CC(C)C(C)NC(=O)CN1C[C@@H](N)[C@H](c2ccccc2)C1. The predicted molar refractivity (Wildman–Crippen MR) is 86.0 cm³/mol. The number of nitrogens with two attached hydrogens (primary N) is 1. The van der Waals surface area contributed by atoms with E-state index in [1.165, 1.54) is 5.56 Å². The van der Waals surface area contributed by atoms with E-state index < -0.39 is 0 Å². The Labute approximate surface area is 127 Å². The predicted octanol–water partition coefficient (Wildman–Crippen LogP) is 1.57. The van der Waals surface area contributed by atoms with Gasteiger partial charge in [-0.3, -0.25) is 9.69 Å². The van der Waals surface area contributed by atoms with Crippen LogP contribution in [0.5, 0.6) is 0 Å². The Hall–Kier alpha value is -1.39. The summed E-state index contributed by atoms with van der Waals surface area (Å²) in [7, 11) is 0. The molecular weight excluding hydrogens is 262 g/mol. The van der Waals surface area contributed by atoms with E-state index in [2.05, 4.69) is 36.2 Å². The largest absolute Gasteiger partial charge is 0.352 e. The molecule has 1 amide bonds. The molecule has 0 aromatic heterocycles. The molecule has 1 aliphatic rings. The molecule has 0 radical (unpaired) electrons. The molecule has 3 N–H and O–H groups in total. The standard InChI is InChI=1S/C17H27N3O/c1-12(2)13(3)19-17(21)11-20-9-15(16(18)10-20)14-7-5-4-6-8-14/h4-8,12-13,15-16H,9-11,18H2,1-3H3,(H,19,21)/t13?,15-,16+/m0/s1. The van der Waals surface area contributed by atoms with Crippen LogP contribution in [0.4, 0.5) is 0 Å². The van der Waals surface area contributed by atoms with Crippen molar-refractivity contribution in [3.05, 3.63) is 35.9 Å². The lowest BCUT2D eigenvalue weighted by atomic mass is 9.95. The molecule has 4 nitrogen and oxygen atoms in total. The summed E-state index contributed by atoms with van der Waals surface area (Å²) in [6.07, 6.45) is 0. The summed E-state index contributed by atoms with van der Waals surface area (Å²) >= 11 is 0. The van der Waals surface area contributed by atoms with Crippen LogP contribution >= 0.6 is 0 Å². The van der Waals surface area contributed by atoms with Gasteiger partial charge in [-0.1, -0.05) is 44.2 Å². The van der Waals surface area contributed by atoms with Crippen molar-refractivity contribution in [3.8, 4) is 0 Å². The van der Waals surface area contributed by atoms with Crippen LogP contribution in [-0.2, 0) is 4.79 Å². The summed E-state index contributed by atoms with van der Waals surface area (Å²) in [4.78, 5) is 14.2. The molecular formula is C17H27N3O. The third-order valence-electron chi connectivity index (χ3n) is 4.42. The highest BCUT2D eigenvalue weighted by Crippen LogP contribution is 2.25. The highest BCUT2D eigenvalue weighted by molar-refractivity contribution is 5.78. The number of benzene rings is 1. The first-order chi connectivity index (χ1) is 9.97. The Balaban J connectivity index is 1.88. The molecule has 1 aromatic carbocycles. The fraction of sp³-hybridized carbons (Fsp3) is 0.588. The van der Waals surface area contributed by atoms with Crippen molar-refractivity contribution in [2.24, 2.45) is 11.7 Å². The van der Waals surface area contributed by atoms with Crippen LogP contribution in [0.25, 0.3) is 0 Å². The van der Waals surface area contributed by atoms with E-state index in [1.807, 2.05) is 25.1 Å². The topological polar surface area (TPSA) is 58.4 Å². The zero-order valence-corrected chi connectivity index (χ0v) is 13.3. The Morgan fingerprint density at radius 2 is 1.95 bits per heavy atom. The number of nitrogens with one attached hydrogen (secondary N) is 1. The molecule has 21 heavy (non-hydrogen) atoms. The highest BCUT2D eigenvalue weighted by Gasteiger charge is 2.32. The van der Waals surface area contributed by atoms with Crippen molar-refractivity contribution in [1.82, 2.24) is 10.2 Å². The smallest absolute Gasteiger partial charge is 0.234 e. The number of carbonyl (C=O) groups excluding carboxylic acids is 1. The van der Waals surface area contributed by atoms with Gasteiger partial charge in [0.2, 0.25) is 5.91 Å². The number of amides is 1. The molecule has 1 saturated heterocycles. The van der Waals surface area contributed by atoms with Gasteiger partial charge in [-0.25, -0.2) is 0 Å². The average Bonchev–Trinajstić information content (AvgIpc) is 2.80. The van der Waals surface area contributed by atoms with Crippen molar-refractivity contribution < 1.29 is 4.79 Å². The quantitative estimate of drug-likeness (QED) is 0.865. The number of carbonyl (C=O) groups is 1. The first kappa shape index (κ1) is 16.0. The zero-order valence-electron chi connectivity index (χ0n) is 13.3. The molecule has 0 saturated carbocycles. The van der Waals surface area contributed by atoms with E-state index in [0.29, 0.717) is 18.4 Å². The van der Waals surface area contributed by atoms with E-state index >= 15 is 0 Å². The summed E-state index contributed by atoms with van der Waals surface area (Å²) in [5.41, 5.74) is 7.52. The minimum atomic E-state index is 0.0945. The second kappa shape index (κ2) is 7.05. The molecule has 3 atom stereocenters. The average molecular weight is 289 g/mol. The minimum Gasteiger partial charge on any atom is -0.352 e. The first-order valence-electron chi connectivity index (χ1n) is 7.79. The van der Waals surface area contributed by atoms with E-state index in [-0.39, 0.29) is 18.0 Å². The summed E-state index contributed by atoms with van der Waals surface area (Å²) in [5.74, 6) is 0.866. The maximum atomic E-state index is 12.1. The molecule has 1 heterocycles. The second-order valence-corrected chi connectivity index (χ2v) is 6.48. The maximum absolute atomic E-state index is 12.1. The van der Waals surface area contributed by atoms with Gasteiger partial charge in [0.1, 0.15) is 0 Å². The summed E-state index contributed by atoms with van der Waals surface area (Å²) in [6.45, 7) is 8.35. The number of nitrogens with zero attached hydrogens (tertiary/aromatic N) is 1.